The molecule has 0 radical (unpaired) electrons. The molecule has 4 heteroatoms. The van der Waals surface area contributed by atoms with Crippen molar-refractivity contribution in [1.29, 1.82) is 0 Å². The van der Waals surface area contributed by atoms with Crippen LogP contribution in [0.2, 0.25) is 0 Å². The molecule has 114 valence electrons. The van der Waals surface area contributed by atoms with Crippen LogP contribution in [0.3, 0.4) is 0 Å². The first-order chi connectivity index (χ1) is 9.02. The maximum Gasteiger partial charge on any atom is 0.0589 e. The van der Waals surface area contributed by atoms with Crippen molar-refractivity contribution >= 4 is 0 Å². The number of methoxy groups -OCH3 is 1. The number of nitrogens with one attached hydrogen (secondary N) is 1. The molecule has 1 fully saturated rings. The first kappa shape index (κ1) is 16.9. The van der Waals surface area contributed by atoms with Crippen LogP contribution >= 0.6 is 0 Å². The number of aliphatic hydroxyl groups is 1. The largest absolute Gasteiger partial charge is 0.395 e. The molecule has 0 aromatic heterocycles. The zero-order chi connectivity index (χ0) is 14.3. The van der Waals surface area contributed by atoms with Crippen molar-refractivity contribution in [3.8, 4) is 0 Å². The monoisotopic (exact) mass is 272 g/mol. The second-order valence-electron chi connectivity index (χ2n) is 6.58. The summed E-state index contributed by atoms with van der Waals surface area (Å²) in [6, 6.07) is 0.608. The van der Waals surface area contributed by atoms with Gasteiger partial charge < -0.3 is 15.2 Å². The van der Waals surface area contributed by atoms with Crippen LogP contribution in [0.15, 0.2) is 0 Å². The van der Waals surface area contributed by atoms with E-state index >= 15 is 0 Å². The summed E-state index contributed by atoms with van der Waals surface area (Å²) >= 11 is 0. The van der Waals surface area contributed by atoms with Gasteiger partial charge in [0.2, 0.25) is 0 Å². The van der Waals surface area contributed by atoms with E-state index in [9.17, 15) is 5.11 Å². The van der Waals surface area contributed by atoms with Crippen molar-refractivity contribution in [2.24, 2.45) is 11.3 Å². The Bertz CT molecular complexity index is 246. The molecule has 1 rings (SSSR count). The van der Waals surface area contributed by atoms with Crippen molar-refractivity contribution in [3.05, 3.63) is 0 Å². The minimum Gasteiger partial charge on any atom is -0.395 e. The van der Waals surface area contributed by atoms with Gasteiger partial charge in [0, 0.05) is 32.8 Å². The predicted octanol–water partition coefficient (Wildman–Crippen LogP) is 1.34. The first-order valence-electron chi connectivity index (χ1n) is 7.52. The van der Waals surface area contributed by atoms with E-state index in [0.29, 0.717) is 17.4 Å². The van der Waals surface area contributed by atoms with Gasteiger partial charge >= 0.3 is 0 Å². The Morgan fingerprint density at radius 2 is 2.11 bits per heavy atom. The number of hydrogen-bond donors (Lipinski definition) is 2. The van der Waals surface area contributed by atoms with E-state index in [2.05, 4.69) is 31.1 Å². The van der Waals surface area contributed by atoms with Gasteiger partial charge in [0.05, 0.1) is 13.2 Å². The lowest BCUT2D eigenvalue weighted by Gasteiger charge is -2.42. The summed E-state index contributed by atoms with van der Waals surface area (Å²) in [4.78, 5) is 2.33. The van der Waals surface area contributed by atoms with E-state index in [-0.39, 0.29) is 6.61 Å². The second kappa shape index (κ2) is 8.20. The lowest BCUT2D eigenvalue weighted by Crippen LogP contribution is -2.47. The van der Waals surface area contributed by atoms with Crippen LogP contribution in [0, 0.1) is 11.3 Å². The number of nitrogens with zero attached hydrogens (tertiary/aromatic N) is 1. The van der Waals surface area contributed by atoms with Gasteiger partial charge in [-0.1, -0.05) is 13.8 Å². The SMILES string of the molecule is CNC1CCC(C)(C)CC1CN(CCO)CCOC. The molecule has 1 aliphatic carbocycles. The van der Waals surface area contributed by atoms with E-state index in [0.717, 1.165) is 26.2 Å². The topological polar surface area (TPSA) is 44.7 Å². The van der Waals surface area contributed by atoms with Gasteiger partial charge in [-0.15, -0.1) is 0 Å². The molecule has 0 heterocycles. The van der Waals surface area contributed by atoms with Crippen molar-refractivity contribution < 1.29 is 9.84 Å². The summed E-state index contributed by atoms with van der Waals surface area (Å²) < 4.78 is 5.16. The van der Waals surface area contributed by atoms with Crippen LogP contribution in [-0.2, 0) is 4.74 Å². The summed E-state index contributed by atoms with van der Waals surface area (Å²) in [7, 11) is 3.80. The van der Waals surface area contributed by atoms with Gasteiger partial charge in [-0.2, -0.15) is 0 Å². The highest BCUT2D eigenvalue weighted by Crippen LogP contribution is 2.38. The Balaban J connectivity index is 2.56. The summed E-state index contributed by atoms with van der Waals surface area (Å²) in [6.07, 6.45) is 3.81. The molecule has 2 atom stereocenters. The van der Waals surface area contributed by atoms with E-state index in [1.807, 2.05) is 0 Å². The van der Waals surface area contributed by atoms with Gasteiger partial charge in [-0.25, -0.2) is 0 Å². The molecular formula is C15H32N2O2. The molecule has 2 N–H and O–H groups in total. The average molecular weight is 272 g/mol. The van der Waals surface area contributed by atoms with Gasteiger partial charge in [0.15, 0.2) is 0 Å². The highest BCUT2D eigenvalue weighted by molar-refractivity contribution is 4.89. The van der Waals surface area contributed by atoms with Crippen molar-refractivity contribution in [1.82, 2.24) is 10.2 Å². The van der Waals surface area contributed by atoms with Crippen molar-refractivity contribution in [2.45, 2.75) is 39.2 Å². The van der Waals surface area contributed by atoms with Gasteiger partial charge in [-0.05, 0) is 37.6 Å². The minimum atomic E-state index is 0.226. The minimum absolute atomic E-state index is 0.226. The third-order valence-electron chi connectivity index (χ3n) is 4.41. The lowest BCUT2D eigenvalue weighted by atomic mass is 9.69. The third kappa shape index (κ3) is 5.78. The molecule has 0 spiro atoms. The van der Waals surface area contributed by atoms with E-state index in [4.69, 9.17) is 4.74 Å². The Morgan fingerprint density at radius 1 is 1.37 bits per heavy atom. The summed E-state index contributed by atoms with van der Waals surface area (Å²) in [5.41, 5.74) is 0.449. The Labute approximate surface area is 118 Å². The van der Waals surface area contributed by atoms with Crippen LogP contribution in [0.25, 0.3) is 0 Å². The molecule has 1 saturated carbocycles. The molecule has 4 nitrogen and oxygen atoms in total. The third-order valence-corrected chi connectivity index (χ3v) is 4.41. The molecule has 0 saturated heterocycles. The highest BCUT2D eigenvalue weighted by atomic mass is 16.5. The quantitative estimate of drug-likeness (QED) is 0.700. The van der Waals surface area contributed by atoms with E-state index < -0.39 is 0 Å². The van der Waals surface area contributed by atoms with Crippen LogP contribution in [0.1, 0.15) is 33.1 Å². The number of rotatable bonds is 8. The number of hydrogen-bond acceptors (Lipinski definition) is 4. The van der Waals surface area contributed by atoms with Gasteiger partial charge in [0.1, 0.15) is 0 Å². The van der Waals surface area contributed by atoms with E-state index in [1.54, 1.807) is 7.11 Å². The Kier molecular flexibility index (Phi) is 7.29. The smallest absolute Gasteiger partial charge is 0.0589 e. The summed E-state index contributed by atoms with van der Waals surface area (Å²) in [6.45, 7) is 8.42. The Morgan fingerprint density at radius 3 is 2.68 bits per heavy atom. The van der Waals surface area contributed by atoms with Crippen molar-refractivity contribution in [3.63, 3.8) is 0 Å². The molecule has 0 aliphatic heterocycles. The van der Waals surface area contributed by atoms with Crippen LogP contribution in [0.5, 0.6) is 0 Å². The van der Waals surface area contributed by atoms with Crippen LogP contribution in [0.4, 0.5) is 0 Å². The summed E-state index contributed by atoms with van der Waals surface area (Å²) in [5, 5.41) is 12.7. The molecule has 0 aromatic carbocycles. The fraction of sp³-hybridized carbons (Fsp3) is 1.00. The number of aliphatic hydroxyl groups excluding tert-OH is 1. The molecule has 19 heavy (non-hydrogen) atoms. The second-order valence-corrected chi connectivity index (χ2v) is 6.58. The maximum absolute atomic E-state index is 9.19. The van der Waals surface area contributed by atoms with Crippen LogP contribution in [-0.4, -0.2) is 63.1 Å². The Hall–Kier alpha value is -0.160. The van der Waals surface area contributed by atoms with E-state index in [1.165, 1.54) is 19.3 Å². The van der Waals surface area contributed by atoms with Gasteiger partial charge in [-0.3, -0.25) is 4.90 Å². The zero-order valence-corrected chi connectivity index (χ0v) is 13.1. The molecule has 0 aromatic rings. The molecular weight excluding hydrogens is 240 g/mol. The fourth-order valence-corrected chi connectivity index (χ4v) is 3.30. The summed E-state index contributed by atoms with van der Waals surface area (Å²) in [5.74, 6) is 0.664. The average Bonchev–Trinajstić information content (AvgIpc) is 2.35. The maximum atomic E-state index is 9.19. The molecule has 0 amide bonds. The fourth-order valence-electron chi connectivity index (χ4n) is 3.30. The standard InChI is InChI=1S/C15H32N2O2/c1-15(2)6-5-14(16-3)13(11-15)12-17(7-9-18)8-10-19-4/h13-14,16,18H,5-12H2,1-4H3. The zero-order valence-electron chi connectivity index (χ0n) is 13.1. The molecule has 2 unspecified atom stereocenters. The van der Waals surface area contributed by atoms with Crippen LogP contribution < -0.4 is 5.32 Å². The van der Waals surface area contributed by atoms with Gasteiger partial charge in [0.25, 0.3) is 0 Å². The highest BCUT2D eigenvalue weighted by Gasteiger charge is 2.34. The van der Waals surface area contributed by atoms with Crippen molar-refractivity contribution in [2.75, 3.05) is 47.0 Å². The predicted molar refractivity (Wildman–Crippen MR) is 79.4 cm³/mol. The lowest BCUT2D eigenvalue weighted by molar-refractivity contribution is 0.0765. The molecule has 0 bridgehead atoms. The first-order valence-corrected chi connectivity index (χ1v) is 7.52. The molecule has 1 aliphatic rings. The number of ether oxygens (including phenoxy) is 1. The normalized spacial score (nSPS) is 26.8.